The Balaban J connectivity index is 1.65. The third-order valence-electron chi connectivity index (χ3n) is 3.47. The Hall–Kier alpha value is -2.56. The van der Waals surface area contributed by atoms with Crippen molar-refractivity contribution in [2.24, 2.45) is 0 Å². The number of fused-ring (bicyclic) bond motifs is 1. The number of carbonyl (C=O) groups is 1. The summed E-state index contributed by atoms with van der Waals surface area (Å²) in [6.45, 7) is 2.39. The monoisotopic (exact) mass is 283 g/mol. The zero-order valence-electron chi connectivity index (χ0n) is 11.7. The highest BCUT2D eigenvalue weighted by Gasteiger charge is 2.26. The van der Waals surface area contributed by atoms with Crippen molar-refractivity contribution < 1.29 is 9.53 Å². The quantitative estimate of drug-likeness (QED) is 0.906. The van der Waals surface area contributed by atoms with Gasteiger partial charge in [-0.1, -0.05) is 18.2 Å². The first kappa shape index (κ1) is 13.4. The lowest BCUT2D eigenvalue weighted by Crippen LogP contribution is -2.45. The minimum atomic E-state index is -0.529. The highest BCUT2D eigenvalue weighted by atomic mass is 16.5. The van der Waals surface area contributed by atoms with E-state index in [-0.39, 0.29) is 11.9 Å². The van der Waals surface area contributed by atoms with Crippen LogP contribution in [0.5, 0.6) is 5.75 Å². The summed E-state index contributed by atoms with van der Waals surface area (Å²) in [7, 11) is 0. The molecule has 2 heterocycles. The minimum absolute atomic E-state index is 0.105. The molecule has 1 amide bonds. The van der Waals surface area contributed by atoms with Gasteiger partial charge in [0.2, 0.25) is 0 Å². The summed E-state index contributed by atoms with van der Waals surface area (Å²) in [5, 5.41) is 6.16. The molecule has 0 radical (unpaired) electrons. The highest BCUT2D eigenvalue weighted by molar-refractivity contribution is 5.83. The predicted molar refractivity (Wildman–Crippen MR) is 80.1 cm³/mol. The Kier molecular flexibility index (Phi) is 3.73. The van der Waals surface area contributed by atoms with Gasteiger partial charge in [0.05, 0.1) is 18.3 Å². The van der Waals surface area contributed by atoms with E-state index >= 15 is 0 Å². The zero-order chi connectivity index (χ0) is 14.7. The molecule has 2 atom stereocenters. The second-order valence-electron chi connectivity index (χ2n) is 5.00. The van der Waals surface area contributed by atoms with Crippen molar-refractivity contribution in [2.75, 3.05) is 11.9 Å². The van der Waals surface area contributed by atoms with E-state index in [4.69, 9.17) is 4.74 Å². The van der Waals surface area contributed by atoms with Crippen LogP contribution >= 0.6 is 0 Å². The van der Waals surface area contributed by atoms with E-state index in [1.54, 1.807) is 12.4 Å². The molecule has 1 aliphatic rings. The number of nitrogens with one attached hydrogen (secondary N) is 2. The molecule has 1 unspecified atom stereocenters. The molecule has 1 aliphatic heterocycles. The van der Waals surface area contributed by atoms with Gasteiger partial charge in [0.1, 0.15) is 5.75 Å². The van der Waals surface area contributed by atoms with Gasteiger partial charge in [-0.05, 0) is 30.7 Å². The summed E-state index contributed by atoms with van der Waals surface area (Å²) < 4.78 is 5.74. The van der Waals surface area contributed by atoms with Crippen molar-refractivity contribution in [1.82, 2.24) is 10.3 Å². The average molecular weight is 283 g/mol. The van der Waals surface area contributed by atoms with Gasteiger partial charge < -0.3 is 15.4 Å². The summed E-state index contributed by atoms with van der Waals surface area (Å²) in [6.07, 6.45) is 2.93. The van der Waals surface area contributed by atoms with Crippen LogP contribution in [0.1, 0.15) is 18.5 Å². The van der Waals surface area contributed by atoms with Crippen LogP contribution in [-0.2, 0) is 4.79 Å². The summed E-state index contributed by atoms with van der Waals surface area (Å²) >= 11 is 0. The number of rotatable bonds is 3. The number of nitrogens with zero attached hydrogens (tertiary/aromatic N) is 1. The minimum Gasteiger partial charge on any atom is -0.477 e. The molecule has 0 fully saturated rings. The fraction of sp³-hybridized carbons (Fsp3) is 0.250. The number of para-hydroxylation sites is 2. The fourth-order valence-electron chi connectivity index (χ4n) is 2.28. The van der Waals surface area contributed by atoms with Crippen LogP contribution in [0.4, 0.5) is 5.69 Å². The van der Waals surface area contributed by atoms with E-state index in [1.165, 1.54) is 0 Å². The first-order valence-electron chi connectivity index (χ1n) is 6.94. The van der Waals surface area contributed by atoms with Crippen LogP contribution in [0.15, 0.2) is 48.8 Å². The number of anilines is 1. The smallest absolute Gasteiger partial charge is 0.263 e. The van der Waals surface area contributed by atoms with Crippen molar-refractivity contribution >= 4 is 11.6 Å². The molecule has 2 N–H and O–H groups in total. The third-order valence-corrected chi connectivity index (χ3v) is 3.47. The van der Waals surface area contributed by atoms with Gasteiger partial charge in [0.25, 0.3) is 5.91 Å². The molecular weight excluding hydrogens is 266 g/mol. The number of pyridine rings is 1. The van der Waals surface area contributed by atoms with Gasteiger partial charge in [0.15, 0.2) is 6.10 Å². The number of carbonyl (C=O) groups excluding carboxylic acids is 1. The Morgan fingerprint density at radius 2 is 2.24 bits per heavy atom. The van der Waals surface area contributed by atoms with Crippen LogP contribution in [-0.4, -0.2) is 23.5 Å². The average Bonchev–Trinajstić information content (AvgIpc) is 2.55. The van der Waals surface area contributed by atoms with E-state index in [0.717, 1.165) is 11.3 Å². The van der Waals surface area contributed by atoms with Crippen molar-refractivity contribution in [3.05, 3.63) is 54.4 Å². The van der Waals surface area contributed by atoms with Crippen molar-refractivity contribution in [1.29, 1.82) is 0 Å². The fourth-order valence-corrected chi connectivity index (χ4v) is 2.28. The molecule has 21 heavy (non-hydrogen) atoms. The summed E-state index contributed by atoms with van der Waals surface area (Å²) in [6, 6.07) is 11.3. The second kappa shape index (κ2) is 5.83. The largest absolute Gasteiger partial charge is 0.477 e. The molecule has 5 heteroatoms. The summed E-state index contributed by atoms with van der Waals surface area (Å²) in [4.78, 5) is 16.4. The van der Waals surface area contributed by atoms with Crippen LogP contribution < -0.4 is 15.4 Å². The molecule has 108 valence electrons. The molecular formula is C16H17N3O2. The first-order chi connectivity index (χ1) is 10.2. The number of hydrogen-bond donors (Lipinski definition) is 2. The normalized spacial score (nSPS) is 17.9. The molecule has 1 aromatic carbocycles. The number of amides is 1. The first-order valence-corrected chi connectivity index (χ1v) is 6.94. The molecule has 2 aromatic rings. The third kappa shape index (κ3) is 2.97. The van der Waals surface area contributed by atoms with Gasteiger partial charge in [0, 0.05) is 12.4 Å². The lowest BCUT2D eigenvalue weighted by Gasteiger charge is -2.27. The highest BCUT2D eigenvalue weighted by Crippen LogP contribution is 2.28. The number of hydrogen-bond acceptors (Lipinski definition) is 4. The predicted octanol–water partition coefficient (Wildman–Crippen LogP) is 2.13. The number of benzene rings is 1. The molecule has 0 bridgehead atoms. The SMILES string of the molecule is C[C@H](NC(=O)C1CNc2ccccc2O1)c1cccnc1. The van der Waals surface area contributed by atoms with Gasteiger partial charge in [-0.15, -0.1) is 0 Å². The van der Waals surface area contributed by atoms with Crippen molar-refractivity contribution in [3.8, 4) is 5.75 Å². The Bertz CT molecular complexity index is 630. The van der Waals surface area contributed by atoms with Crippen molar-refractivity contribution in [2.45, 2.75) is 19.1 Å². The van der Waals surface area contributed by atoms with E-state index in [1.807, 2.05) is 43.3 Å². The summed E-state index contributed by atoms with van der Waals surface area (Å²) in [5.41, 5.74) is 1.89. The van der Waals surface area contributed by atoms with Crippen LogP contribution in [0.3, 0.4) is 0 Å². The maximum atomic E-state index is 12.3. The van der Waals surface area contributed by atoms with E-state index < -0.39 is 6.10 Å². The van der Waals surface area contributed by atoms with E-state index in [9.17, 15) is 4.79 Å². The van der Waals surface area contributed by atoms with Gasteiger partial charge in [-0.25, -0.2) is 0 Å². The molecule has 3 rings (SSSR count). The lowest BCUT2D eigenvalue weighted by atomic mass is 10.1. The van der Waals surface area contributed by atoms with Crippen LogP contribution in [0.2, 0.25) is 0 Å². The number of aromatic nitrogens is 1. The standard InChI is InChI=1S/C16H17N3O2/c1-11(12-5-4-8-17-9-12)19-16(20)15-10-18-13-6-2-3-7-14(13)21-15/h2-9,11,15,18H,10H2,1H3,(H,19,20)/t11-,15?/m0/s1. The lowest BCUT2D eigenvalue weighted by molar-refractivity contribution is -0.128. The van der Waals surface area contributed by atoms with E-state index in [2.05, 4.69) is 15.6 Å². The number of ether oxygens (including phenoxy) is 1. The van der Waals surface area contributed by atoms with Gasteiger partial charge >= 0.3 is 0 Å². The van der Waals surface area contributed by atoms with Gasteiger partial charge in [-0.3, -0.25) is 9.78 Å². The molecule has 0 aliphatic carbocycles. The zero-order valence-corrected chi connectivity index (χ0v) is 11.7. The summed E-state index contributed by atoms with van der Waals surface area (Å²) in [5.74, 6) is 0.575. The Morgan fingerprint density at radius 1 is 1.38 bits per heavy atom. The Morgan fingerprint density at radius 3 is 3.05 bits per heavy atom. The molecule has 0 saturated carbocycles. The molecule has 1 aromatic heterocycles. The second-order valence-corrected chi connectivity index (χ2v) is 5.00. The van der Waals surface area contributed by atoms with Gasteiger partial charge in [-0.2, -0.15) is 0 Å². The maximum Gasteiger partial charge on any atom is 0.263 e. The maximum absolute atomic E-state index is 12.3. The van der Waals surface area contributed by atoms with Crippen LogP contribution in [0, 0.1) is 0 Å². The van der Waals surface area contributed by atoms with E-state index in [0.29, 0.717) is 12.3 Å². The topological polar surface area (TPSA) is 63.2 Å². The Labute approximate surface area is 123 Å². The van der Waals surface area contributed by atoms with Crippen LogP contribution in [0.25, 0.3) is 0 Å². The molecule has 5 nitrogen and oxygen atoms in total. The van der Waals surface area contributed by atoms with Crippen molar-refractivity contribution in [3.63, 3.8) is 0 Å². The molecule has 0 saturated heterocycles. The molecule has 0 spiro atoms.